The lowest BCUT2D eigenvalue weighted by atomic mass is 10.0. The summed E-state index contributed by atoms with van der Waals surface area (Å²) in [7, 11) is -3.07. The molecule has 1 saturated heterocycles. The molecule has 4 rings (SSSR count). The van der Waals surface area contributed by atoms with Crippen molar-refractivity contribution in [3.8, 4) is 11.4 Å². The Morgan fingerprint density at radius 3 is 2.48 bits per heavy atom. The molecule has 1 unspecified atom stereocenters. The van der Waals surface area contributed by atoms with Gasteiger partial charge in [0.2, 0.25) is 0 Å². The second-order valence-corrected chi connectivity index (χ2v) is 9.58. The van der Waals surface area contributed by atoms with Gasteiger partial charge in [0.05, 0.1) is 17.0 Å². The molecule has 0 amide bonds. The van der Waals surface area contributed by atoms with Crippen LogP contribution in [0.4, 0.5) is 0 Å². The largest absolute Gasteiger partial charge is 0.245 e. The summed E-state index contributed by atoms with van der Waals surface area (Å²) in [5.74, 6) is 1.58. The number of aryl methyl sites for hydroxylation is 1. The number of nitrogens with zero attached hydrogens (tertiary/aromatic N) is 5. The number of sulfone groups is 1. The van der Waals surface area contributed by atoms with E-state index in [-0.39, 0.29) is 11.5 Å². The predicted molar refractivity (Wildman–Crippen MR) is 102 cm³/mol. The van der Waals surface area contributed by atoms with Crippen LogP contribution in [-0.4, -0.2) is 44.7 Å². The maximum absolute atomic E-state index is 12.1. The van der Waals surface area contributed by atoms with Gasteiger partial charge in [-0.05, 0) is 25.8 Å². The average Bonchev–Trinajstić information content (AvgIpc) is 3.18. The molecular formula is C19H21N5O2S. The maximum Gasteiger partial charge on any atom is 0.181 e. The second-order valence-electron chi connectivity index (χ2n) is 7.39. The van der Waals surface area contributed by atoms with E-state index in [0.29, 0.717) is 18.7 Å². The minimum Gasteiger partial charge on any atom is -0.245 e. The minimum absolute atomic E-state index is 0.0784. The van der Waals surface area contributed by atoms with Gasteiger partial charge >= 0.3 is 0 Å². The zero-order valence-corrected chi connectivity index (χ0v) is 16.1. The minimum atomic E-state index is -3.07. The Morgan fingerprint density at radius 2 is 1.85 bits per heavy atom. The average molecular weight is 383 g/mol. The molecule has 1 atom stereocenters. The summed E-state index contributed by atoms with van der Waals surface area (Å²) in [6, 6.07) is 8.00. The van der Waals surface area contributed by atoms with Crippen molar-refractivity contribution in [2.75, 3.05) is 11.5 Å². The van der Waals surface area contributed by atoms with Crippen LogP contribution in [0.15, 0.2) is 43.0 Å². The number of rotatable bonds is 4. The Kier molecular flexibility index (Phi) is 4.30. The van der Waals surface area contributed by atoms with E-state index in [1.165, 1.54) is 6.33 Å². The van der Waals surface area contributed by atoms with E-state index in [1.54, 1.807) is 17.1 Å². The molecule has 2 aromatic heterocycles. The van der Waals surface area contributed by atoms with Crippen molar-refractivity contribution >= 4 is 9.84 Å². The summed E-state index contributed by atoms with van der Waals surface area (Å²) in [5, 5.41) is 4.73. The SMILES string of the molecule is Cc1ccc(-c2nc(Cc3cncnc3)n(C3(C)CCS(=O)(=O)C3)n2)cc1. The molecule has 1 aliphatic rings. The van der Waals surface area contributed by atoms with E-state index in [0.717, 1.165) is 22.5 Å². The first kappa shape index (κ1) is 17.8. The zero-order chi connectivity index (χ0) is 19.1. The van der Waals surface area contributed by atoms with Crippen LogP contribution in [0.1, 0.15) is 30.3 Å². The fourth-order valence-corrected chi connectivity index (χ4v) is 5.59. The van der Waals surface area contributed by atoms with Crippen LogP contribution in [-0.2, 0) is 21.8 Å². The molecule has 1 aliphatic heterocycles. The standard InChI is InChI=1S/C19H21N5O2S/c1-14-3-5-16(6-4-14)18-22-17(9-15-10-20-13-21-11-15)24(23-18)19(2)7-8-27(25,26)12-19/h3-6,10-11,13H,7-9,12H2,1-2H3. The van der Waals surface area contributed by atoms with Crippen molar-refractivity contribution in [1.29, 1.82) is 0 Å². The van der Waals surface area contributed by atoms with E-state index >= 15 is 0 Å². The van der Waals surface area contributed by atoms with Gasteiger partial charge in [-0.3, -0.25) is 0 Å². The highest BCUT2D eigenvalue weighted by Gasteiger charge is 2.42. The van der Waals surface area contributed by atoms with Gasteiger partial charge in [0.15, 0.2) is 15.7 Å². The van der Waals surface area contributed by atoms with Gasteiger partial charge in [-0.2, -0.15) is 5.10 Å². The van der Waals surface area contributed by atoms with E-state index < -0.39 is 15.4 Å². The van der Waals surface area contributed by atoms with Gasteiger partial charge in [0.1, 0.15) is 12.2 Å². The van der Waals surface area contributed by atoms with Crippen LogP contribution in [0.5, 0.6) is 0 Å². The molecule has 3 aromatic rings. The van der Waals surface area contributed by atoms with Crippen LogP contribution in [0.2, 0.25) is 0 Å². The van der Waals surface area contributed by atoms with Gasteiger partial charge < -0.3 is 0 Å². The highest BCUT2D eigenvalue weighted by molar-refractivity contribution is 7.91. The third-order valence-corrected chi connectivity index (χ3v) is 6.84. The molecular weight excluding hydrogens is 362 g/mol. The van der Waals surface area contributed by atoms with Crippen molar-refractivity contribution in [2.24, 2.45) is 0 Å². The fourth-order valence-electron chi connectivity index (χ4n) is 3.48. The summed E-state index contributed by atoms with van der Waals surface area (Å²) in [6.07, 6.45) is 5.99. The van der Waals surface area contributed by atoms with Gasteiger partial charge in [-0.1, -0.05) is 29.8 Å². The summed E-state index contributed by atoms with van der Waals surface area (Å²) in [4.78, 5) is 12.9. The number of hydrogen-bond acceptors (Lipinski definition) is 6. The summed E-state index contributed by atoms with van der Waals surface area (Å²) in [5.41, 5.74) is 2.38. The number of aromatic nitrogens is 5. The lowest BCUT2D eigenvalue weighted by molar-refractivity contribution is 0.318. The summed E-state index contributed by atoms with van der Waals surface area (Å²) < 4.78 is 26.0. The van der Waals surface area contributed by atoms with E-state index in [2.05, 4.69) is 9.97 Å². The van der Waals surface area contributed by atoms with E-state index in [4.69, 9.17) is 10.1 Å². The molecule has 0 aliphatic carbocycles. The molecule has 0 N–H and O–H groups in total. The Labute approximate surface area is 158 Å². The third-order valence-electron chi connectivity index (χ3n) is 4.95. The maximum atomic E-state index is 12.1. The lowest BCUT2D eigenvalue weighted by Crippen LogP contribution is -2.34. The first-order valence-corrected chi connectivity index (χ1v) is 10.6. The molecule has 0 saturated carbocycles. The van der Waals surface area contributed by atoms with Crippen molar-refractivity contribution in [3.63, 3.8) is 0 Å². The lowest BCUT2D eigenvalue weighted by Gasteiger charge is -2.24. The molecule has 1 aromatic carbocycles. The summed E-state index contributed by atoms with van der Waals surface area (Å²) in [6.45, 7) is 3.97. The van der Waals surface area contributed by atoms with Crippen molar-refractivity contribution in [3.05, 3.63) is 59.9 Å². The summed E-state index contributed by atoms with van der Waals surface area (Å²) >= 11 is 0. The van der Waals surface area contributed by atoms with Gasteiger partial charge in [0.25, 0.3) is 0 Å². The molecule has 0 bridgehead atoms. The first-order chi connectivity index (χ1) is 12.8. The zero-order valence-electron chi connectivity index (χ0n) is 15.3. The Bertz CT molecular complexity index is 1060. The molecule has 1 fully saturated rings. The van der Waals surface area contributed by atoms with E-state index in [1.807, 2.05) is 38.1 Å². The molecule has 3 heterocycles. The van der Waals surface area contributed by atoms with Gasteiger partial charge in [-0.15, -0.1) is 0 Å². The van der Waals surface area contributed by atoms with Crippen LogP contribution >= 0.6 is 0 Å². The van der Waals surface area contributed by atoms with Crippen LogP contribution in [0.3, 0.4) is 0 Å². The van der Waals surface area contributed by atoms with Crippen LogP contribution in [0.25, 0.3) is 11.4 Å². The Morgan fingerprint density at radius 1 is 1.15 bits per heavy atom. The number of benzene rings is 1. The fraction of sp³-hybridized carbons (Fsp3) is 0.368. The molecule has 0 radical (unpaired) electrons. The Balaban J connectivity index is 1.79. The number of hydrogen-bond donors (Lipinski definition) is 0. The quantitative estimate of drug-likeness (QED) is 0.686. The smallest absolute Gasteiger partial charge is 0.181 e. The normalized spacial score (nSPS) is 21.4. The van der Waals surface area contributed by atoms with E-state index in [9.17, 15) is 8.42 Å². The van der Waals surface area contributed by atoms with Crippen molar-refractivity contribution < 1.29 is 8.42 Å². The molecule has 8 heteroatoms. The van der Waals surface area contributed by atoms with Gasteiger partial charge in [-0.25, -0.2) is 28.1 Å². The molecule has 140 valence electrons. The topological polar surface area (TPSA) is 90.6 Å². The van der Waals surface area contributed by atoms with Gasteiger partial charge in [0, 0.05) is 24.4 Å². The van der Waals surface area contributed by atoms with Crippen molar-refractivity contribution in [2.45, 2.75) is 32.2 Å². The molecule has 7 nitrogen and oxygen atoms in total. The monoisotopic (exact) mass is 383 g/mol. The third kappa shape index (κ3) is 3.62. The molecule has 0 spiro atoms. The van der Waals surface area contributed by atoms with Crippen molar-refractivity contribution in [1.82, 2.24) is 24.7 Å². The van der Waals surface area contributed by atoms with Crippen LogP contribution < -0.4 is 0 Å². The first-order valence-electron chi connectivity index (χ1n) is 8.82. The second kappa shape index (κ2) is 6.53. The predicted octanol–water partition coefficient (Wildman–Crippen LogP) is 2.17. The highest BCUT2D eigenvalue weighted by atomic mass is 32.2. The highest BCUT2D eigenvalue weighted by Crippen LogP contribution is 2.32. The molecule has 27 heavy (non-hydrogen) atoms. The van der Waals surface area contributed by atoms with Crippen LogP contribution in [0, 0.1) is 6.92 Å². The Hall–Kier alpha value is -2.61.